The fourth-order valence-corrected chi connectivity index (χ4v) is 3.22. The van der Waals surface area contributed by atoms with E-state index in [1.807, 2.05) is 12.1 Å². The molecule has 0 radical (unpaired) electrons. The summed E-state index contributed by atoms with van der Waals surface area (Å²) in [5, 5.41) is 21.1. The van der Waals surface area contributed by atoms with E-state index in [9.17, 15) is 9.59 Å². The molecule has 26 heavy (non-hydrogen) atoms. The van der Waals surface area contributed by atoms with Crippen molar-refractivity contribution >= 4 is 34.8 Å². The van der Waals surface area contributed by atoms with Gasteiger partial charge in [-0.25, -0.2) is 4.79 Å². The summed E-state index contributed by atoms with van der Waals surface area (Å²) in [6.07, 6.45) is 1.52. The number of carbonyl (C=O) groups excluding carboxylic acids is 1. The number of nitrogens with one attached hydrogen (secondary N) is 1. The van der Waals surface area contributed by atoms with E-state index in [2.05, 4.69) is 5.32 Å². The van der Waals surface area contributed by atoms with Crippen molar-refractivity contribution in [2.75, 3.05) is 11.9 Å². The molecule has 1 N–H and O–H groups in total. The average Bonchev–Trinajstić information content (AvgIpc) is 2.97. The number of hydrogen-bond acceptors (Lipinski definition) is 7. The first-order chi connectivity index (χ1) is 12.5. The van der Waals surface area contributed by atoms with Crippen LogP contribution in [0, 0.1) is 22.7 Å². The number of carbonyl (C=O) groups is 1. The summed E-state index contributed by atoms with van der Waals surface area (Å²) in [6.45, 7) is 4.18. The minimum absolute atomic E-state index is 0.0904. The van der Waals surface area contributed by atoms with Crippen LogP contribution < -0.4 is 20.1 Å². The molecular weight excluding hydrogens is 352 g/mol. The van der Waals surface area contributed by atoms with Gasteiger partial charge in [-0.15, -0.1) is 11.3 Å². The van der Waals surface area contributed by atoms with Crippen LogP contribution in [0.25, 0.3) is 11.8 Å². The molecule has 7 nitrogen and oxygen atoms in total. The van der Waals surface area contributed by atoms with E-state index in [0.717, 1.165) is 11.3 Å². The number of aromatic nitrogens is 1. The molecule has 0 unspecified atom stereocenters. The predicted molar refractivity (Wildman–Crippen MR) is 98.6 cm³/mol. The van der Waals surface area contributed by atoms with Gasteiger partial charge >= 0.3 is 5.97 Å². The number of ether oxygens (including phenoxy) is 1. The molecular formula is C18H16N4O3S. The third-order valence-corrected chi connectivity index (χ3v) is 4.56. The molecule has 132 valence electrons. The maximum atomic E-state index is 12.4. The van der Waals surface area contributed by atoms with Gasteiger partial charge in [0.25, 0.3) is 5.56 Å². The molecule has 0 aliphatic carbocycles. The van der Waals surface area contributed by atoms with E-state index in [0.29, 0.717) is 33.6 Å². The van der Waals surface area contributed by atoms with Crippen LogP contribution in [0.2, 0.25) is 0 Å². The molecule has 0 atom stereocenters. The lowest BCUT2D eigenvalue weighted by molar-refractivity contribution is 0.0526. The summed E-state index contributed by atoms with van der Waals surface area (Å²) in [5.74, 6) is -0.396. The summed E-state index contributed by atoms with van der Waals surface area (Å²) in [5.41, 5.74) is 0.755. The first-order valence-electron chi connectivity index (χ1n) is 7.83. The van der Waals surface area contributed by atoms with Gasteiger partial charge in [0, 0.05) is 18.4 Å². The van der Waals surface area contributed by atoms with Gasteiger partial charge in [0.15, 0.2) is 5.57 Å². The van der Waals surface area contributed by atoms with Crippen LogP contribution >= 0.6 is 11.3 Å². The Morgan fingerprint density at radius 2 is 1.92 bits per heavy atom. The van der Waals surface area contributed by atoms with Crippen molar-refractivity contribution in [3.63, 3.8) is 0 Å². The minimum atomic E-state index is -0.396. The lowest BCUT2D eigenvalue weighted by Gasteiger charge is -2.03. The molecule has 2 rings (SSSR count). The van der Waals surface area contributed by atoms with Crippen molar-refractivity contribution in [2.45, 2.75) is 20.4 Å². The molecule has 0 saturated heterocycles. The normalized spacial score (nSPS) is 10.7. The zero-order valence-electron chi connectivity index (χ0n) is 14.3. The molecule has 0 bridgehead atoms. The van der Waals surface area contributed by atoms with E-state index in [-0.39, 0.29) is 11.1 Å². The molecule has 0 aliphatic heterocycles. The quantitative estimate of drug-likeness (QED) is 0.793. The SMILES string of the molecule is CCOC(=O)c1ccc(NC=c2sc(=C(C#N)C#N)n(CC)c2=O)cc1. The summed E-state index contributed by atoms with van der Waals surface area (Å²) in [4.78, 5) is 24.0. The van der Waals surface area contributed by atoms with Gasteiger partial charge in [-0.1, -0.05) is 0 Å². The molecule has 0 fully saturated rings. The van der Waals surface area contributed by atoms with E-state index in [1.165, 1.54) is 10.8 Å². The van der Waals surface area contributed by atoms with Crippen molar-refractivity contribution in [1.29, 1.82) is 10.5 Å². The smallest absolute Gasteiger partial charge is 0.338 e. The Hall–Kier alpha value is -3.36. The molecule has 1 heterocycles. The highest BCUT2D eigenvalue weighted by atomic mass is 32.1. The van der Waals surface area contributed by atoms with Crippen molar-refractivity contribution < 1.29 is 9.53 Å². The molecule has 0 spiro atoms. The third-order valence-electron chi connectivity index (χ3n) is 3.43. The Kier molecular flexibility index (Phi) is 6.31. The van der Waals surface area contributed by atoms with E-state index < -0.39 is 5.97 Å². The number of nitriles is 2. The van der Waals surface area contributed by atoms with Crippen LogP contribution in [0.4, 0.5) is 5.69 Å². The number of esters is 1. The molecule has 8 heteroatoms. The number of anilines is 1. The molecule has 0 aliphatic rings. The summed E-state index contributed by atoms with van der Waals surface area (Å²) < 4.78 is 7.03. The van der Waals surface area contributed by atoms with Crippen LogP contribution in [0.15, 0.2) is 29.1 Å². The van der Waals surface area contributed by atoms with E-state index >= 15 is 0 Å². The van der Waals surface area contributed by atoms with E-state index in [1.54, 1.807) is 38.1 Å². The summed E-state index contributed by atoms with van der Waals surface area (Å²) in [6, 6.07) is 10.3. The first kappa shape index (κ1) is 19.0. The van der Waals surface area contributed by atoms with Crippen LogP contribution in [0.1, 0.15) is 24.2 Å². The minimum Gasteiger partial charge on any atom is -0.462 e. The van der Waals surface area contributed by atoms with Crippen molar-refractivity contribution in [3.8, 4) is 12.1 Å². The predicted octanol–water partition coefficient (Wildman–Crippen LogP) is 1.15. The lowest BCUT2D eigenvalue weighted by atomic mass is 10.2. The second-order valence-electron chi connectivity index (χ2n) is 5.01. The topological polar surface area (TPSA) is 108 Å². The Morgan fingerprint density at radius 1 is 1.27 bits per heavy atom. The van der Waals surface area contributed by atoms with Gasteiger partial charge in [-0.3, -0.25) is 9.36 Å². The number of thiazole rings is 1. The Bertz CT molecular complexity index is 1050. The van der Waals surface area contributed by atoms with Crippen molar-refractivity contribution in [3.05, 3.63) is 49.4 Å². The zero-order chi connectivity index (χ0) is 19.1. The standard InChI is InChI=1S/C18H16N4O3S/c1-3-22-16(23)15(26-17(22)13(9-19)10-20)11-21-14-7-5-12(6-8-14)18(24)25-4-2/h5-8,11,21H,3-4H2,1-2H3. The number of benzene rings is 1. The van der Waals surface area contributed by atoms with Gasteiger partial charge in [0.2, 0.25) is 0 Å². The third kappa shape index (κ3) is 4.00. The highest BCUT2D eigenvalue weighted by molar-refractivity contribution is 7.07. The summed E-state index contributed by atoms with van der Waals surface area (Å²) in [7, 11) is 0. The fourth-order valence-electron chi connectivity index (χ4n) is 2.18. The highest BCUT2D eigenvalue weighted by Crippen LogP contribution is 2.10. The maximum Gasteiger partial charge on any atom is 0.338 e. The van der Waals surface area contributed by atoms with Gasteiger partial charge in [0.05, 0.1) is 12.2 Å². The molecule has 1 aromatic carbocycles. The second-order valence-corrected chi connectivity index (χ2v) is 6.04. The number of hydrogen-bond donors (Lipinski definition) is 1. The van der Waals surface area contributed by atoms with Crippen molar-refractivity contribution in [2.24, 2.45) is 0 Å². The largest absolute Gasteiger partial charge is 0.462 e. The van der Waals surface area contributed by atoms with Crippen LogP contribution in [-0.2, 0) is 11.3 Å². The lowest BCUT2D eigenvalue weighted by Crippen LogP contribution is -2.31. The fraction of sp³-hybridized carbons (Fsp3) is 0.222. The molecule has 1 aromatic heterocycles. The van der Waals surface area contributed by atoms with Crippen LogP contribution in [0.3, 0.4) is 0 Å². The zero-order valence-corrected chi connectivity index (χ0v) is 15.1. The highest BCUT2D eigenvalue weighted by Gasteiger charge is 2.08. The first-order valence-corrected chi connectivity index (χ1v) is 8.65. The Balaban J connectivity index is 2.37. The second kappa shape index (κ2) is 8.65. The van der Waals surface area contributed by atoms with Gasteiger partial charge in [-0.05, 0) is 38.1 Å². The monoisotopic (exact) mass is 368 g/mol. The van der Waals surface area contributed by atoms with Crippen molar-refractivity contribution in [1.82, 2.24) is 4.57 Å². The number of rotatable bonds is 5. The number of nitrogens with zero attached hydrogens (tertiary/aromatic N) is 3. The maximum absolute atomic E-state index is 12.4. The van der Waals surface area contributed by atoms with Gasteiger partial charge in [0.1, 0.15) is 21.3 Å². The average molecular weight is 368 g/mol. The molecule has 2 aromatic rings. The van der Waals surface area contributed by atoms with Gasteiger partial charge < -0.3 is 10.1 Å². The Labute approximate surface area is 153 Å². The van der Waals surface area contributed by atoms with Gasteiger partial charge in [-0.2, -0.15) is 10.5 Å². The molecule has 0 amide bonds. The summed E-state index contributed by atoms with van der Waals surface area (Å²) >= 11 is 1.08. The Morgan fingerprint density at radius 3 is 2.46 bits per heavy atom. The molecule has 0 saturated carbocycles. The van der Waals surface area contributed by atoms with Crippen LogP contribution in [0.5, 0.6) is 0 Å². The van der Waals surface area contributed by atoms with E-state index in [4.69, 9.17) is 15.3 Å². The van der Waals surface area contributed by atoms with Crippen LogP contribution in [-0.4, -0.2) is 17.1 Å².